The van der Waals surface area contributed by atoms with Crippen LogP contribution in [0.15, 0.2) is 18.2 Å². The van der Waals surface area contributed by atoms with Gasteiger partial charge in [0.2, 0.25) is 0 Å². The fraction of sp³-hybridized carbons (Fsp3) is 0.750. The molecule has 3 aliphatic rings. The van der Waals surface area contributed by atoms with Crippen molar-refractivity contribution < 1.29 is 29.2 Å². The van der Waals surface area contributed by atoms with Gasteiger partial charge < -0.3 is 24.4 Å². The first-order valence-electron chi connectivity index (χ1n) is 13.3. The van der Waals surface area contributed by atoms with Gasteiger partial charge in [-0.2, -0.15) is 0 Å². The highest BCUT2D eigenvalue weighted by Crippen LogP contribution is 2.50. The lowest BCUT2D eigenvalue weighted by atomic mass is 9.73. The van der Waals surface area contributed by atoms with Crippen LogP contribution in [0.3, 0.4) is 0 Å². The van der Waals surface area contributed by atoms with Crippen molar-refractivity contribution >= 4 is 5.97 Å². The zero-order valence-electron chi connectivity index (χ0n) is 20.8. The number of methoxy groups -OCH3 is 1. The first kappa shape index (κ1) is 25.5. The van der Waals surface area contributed by atoms with E-state index in [1.165, 1.54) is 18.2 Å². The zero-order valence-corrected chi connectivity index (χ0v) is 20.8. The molecule has 6 heteroatoms. The summed E-state index contributed by atoms with van der Waals surface area (Å²) in [6, 6.07) is 6.15. The van der Waals surface area contributed by atoms with Crippen LogP contribution in [-0.2, 0) is 27.1 Å². The maximum atomic E-state index is 12.5. The Bertz CT molecular complexity index is 806. The third kappa shape index (κ3) is 6.32. The van der Waals surface area contributed by atoms with E-state index in [9.17, 15) is 15.0 Å². The molecule has 2 N–H and O–H groups in total. The summed E-state index contributed by atoms with van der Waals surface area (Å²) in [6.07, 6.45) is 9.30. The first-order valence-corrected chi connectivity index (χ1v) is 13.3. The Labute approximate surface area is 204 Å². The molecule has 0 aliphatic heterocycles. The Balaban J connectivity index is 1.45. The van der Waals surface area contributed by atoms with Crippen LogP contribution in [-0.4, -0.2) is 48.4 Å². The largest absolute Gasteiger partial charge is 0.488 e. The fourth-order valence-corrected chi connectivity index (χ4v) is 6.00. The minimum atomic E-state index is -0.946. The van der Waals surface area contributed by atoms with Gasteiger partial charge in [0, 0.05) is 7.11 Å². The number of esters is 1. The van der Waals surface area contributed by atoms with Crippen molar-refractivity contribution in [1.82, 2.24) is 0 Å². The van der Waals surface area contributed by atoms with E-state index in [1.807, 2.05) is 12.1 Å². The van der Waals surface area contributed by atoms with Crippen LogP contribution in [0.1, 0.15) is 75.8 Å². The van der Waals surface area contributed by atoms with Gasteiger partial charge in [-0.1, -0.05) is 38.3 Å². The second kappa shape index (κ2) is 11.9. The number of hydrogen-bond acceptors (Lipinski definition) is 6. The van der Waals surface area contributed by atoms with E-state index in [0.29, 0.717) is 17.8 Å². The SMILES string of the molecule is CCCCC[C@H](O)CC[C@@H]1[C@H]2Cc3cccc(OCC(O)OC)c3C[C@H]2C[C@H]1OC(=O)C1CC1. The van der Waals surface area contributed by atoms with E-state index >= 15 is 0 Å². The second-order valence-corrected chi connectivity index (χ2v) is 10.6. The molecule has 2 saturated carbocycles. The molecule has 4 rings (SSSR count). The maximum Gasteiger partial charge on any atom is 0.309 e. The van der Waals surface area contributed by atoms with E-state index in [1.54, 1.807) is 0 Å². The molecule has 0 amide bonds. The number of aliphatic hydroxyl groups is 2. The molecule has 1 aromatic rings. The van der Waals surface area contributed by atoms with Crippen molar-refractivity contribution in [3.05, 3.63) is 29.3 Å². The summed E-state index contributed by atoms with van der Waals surface area (Å²) in [7, 11) is 1.46. The Morgan fingerprint density at radius 3 is 2.71 bits per heavy atom. The predicted octanol–water partition coefficient (Wildman–Crippen LogP) is 4.42. The number of unbranched alkanes of at least 4 members (excludes halogenated alkanes) is 2. The molecule has 0 radical (unpaired) electrons. The van der Waals surface area contributed by atoms with Gasteiger partial charge in [-0.3, -0.25) is 4.79 Å². The summed E-state index contributed by atoms with van der Waals surface area (Å²) >= 11 is 0. The molecule has 0 spiro atoms. The molecule has 0 saturated heterocycles. The van der Waals surface area contributed by atoms with Crippen LogP contribution >= 0.6 is 0 Å². The quantitative estimate of drug-likeness (QED) is 0.250. The summed E-state index contributed by atoms with van der Waals surface area (Å²) < 4.78 is 16.9. The van der Waals surface area contributed by atoms with Gasteiger partial charge in [0.15, 0.2) is 6.29 Å². The van der Waals surface area contributed by atoms with Gasteiger partial charge >= 0.3 is 5.97 Å². The molecule has 1 unspecified atom stereocenters. The third-order valence-corrected chi connectivity index (χ3v) is 8.13. The first-order chi connectivity index (χ1) is 16.5. The molecule has 3 aliphatic carbocycles. The highest BCUT2D eigenvalue weighted by Gasteiger charge is 2.48. The predicted molar refractivity (Wildman–Crippen MR) is 129 cm³/mol. The number of hydrogen-bond donors (Lipinski definition) is 2. The number of ether oxygens (including phenoxy) is 3. The molecule has 0 bridgehead atoms. The van der Waals surface area contributed by atoms with Gasteiger partial charge in [-0.15, -0.1) is 0 Å². The Morgan fingerprint density at radius 2 is 1.97 bits per heavy atom. The smallest absolute Gasteiger partial charge is 0.309 e. The van der Waals surface area contributed by atoms with Crippen LogP contribution in [0.5, 0.6) is 5.75 Å². The molecule has 34 heavy (non-hydrogen) atoms. The molecular formula is C28H42O6. The van der Waals surface area contributed by atoms with Crippen molar-refractivity contribution in [1.29, 1.82) is 0 Å². The molecular weight excluding hydrogens is 432 g/mol. The van der Waals surface area contributed by atoms with Crippen LogP contribution in [0, 0.1) is 23.7 Å². The number of benzene rings is 1. The van der Waals surface area contributed by atoms with Gasteiger partial charge in [0.25, 0.3) is 0 Å². The summed E-state index contributed by atoms with van der Waals surface area (Å²) in [5.74, 6) is 2.07. The maximum absolute atomic E-state index is 12.5. The highest BCUT2D eigenvalue weighted by molar-refractivity contribution is 5.75. The lowest BCUT2D eigenvalue weighted by molar-refractivity contribution is -0.153. The van der Waals surface area contributed by atoms with Crippen molar-refractivity contribution in [2.75, 3.05) is 13.7 Å². The lowest BCUT2D eigenvalue weighted by Gasteiger charge is -2.33. The van der Waals surface area contributed by atoms with E-state index < -0.39 is 6.29 Å². The van der Waals surface area contributed by atoms with Crippen LogP contribution in [0.25, 0.3) is 0 Å². The minimum Gasteiger partial charge on any atom is -0.488 e. The highest BCUT2D eigenvalue weighted by atomic mass is 16.6. The zero-order chi connectivity index (χ0) is 24.1. The number of aliphatic hydroxyl groups excluding tert-OH is 2. The molecule has 0 heterocycles. The fourth-order valence-electron chi connectivity index (χ4n) is 6.00. The molecule has 190 valence electrons. The van der Waals surface area contributed by atoms with E-state index in [4.69, 9.17) is 14.2 Å². The van der Waals surface area contributed by atoms with Crippen molar-refractivity contribution in [3.63, 3.8) is 0 Å². The average Bonchev–Trinajstić information content (AvgIpc) is 3.63. The summed E-state index contributed by atoms with van der Waals surface area (Å²) in [5, 5.41) is 20.3. The third-order valence-electron chi connectivity index (χ3n) is 8.13. The van der Waals surface area contributed by atoms with Gasteiger partial charge in [-0.25, -0.2) is 0 Å². The number of carbonyl (C=O) groups is 1. The summed E-state index contributed by atoms with van der Waals surface area (Å²) in [5.41, 5.74) is 2.49. The standard InChI is InChI=1S/C28H42O6/c1-3-4-5-8-21(29)12-13-22-23-14-19-7-6-9-25(33-17-27(30)32-2)24(19)15-20(23)16-26(22)34-28(31)18-10-11-18/h6-7,9,18,20-23,26-27,29-30H,3-5,8,10-17H2,1-2H3/t20-,21-,22+,23-,26+,27?/m0/s1. The van der Waals surface area contributed by atoms with Crippen molar-refractivity contribution in [2.45, 2.75) is 96.1 Å². The number of rotatable bonds is 13. The van der Waals surface area contributed by atoms with Crippen LogP contribution < -0.4 is 4.74 Å². The summed E-state index contributed by atoms with van der Waals surface area (Å²) in [4.78, 5) is 12.5. The van der Waals surface area contributed by atoms with E-state index in [0.717, 1.165) is 76.4 Å². The monoisotopic (exact) mass is 474 g/mol. The second-order valence-electron chi connectivity index (χ2n) is 10.6. The van der Waals surface area contributed by atoms with Gasteiger partial charge in [-0.05, 0) is 86.3 Å². The molecule has 6 nitrogen and oxygen atoms in total. The Hall–Kier alpha value is -1.63. The molecule has 2 fully saturated rings. The molecule has 0 aromatic heterocycles. The topological polar surface area (TPSA) is 85.2 Å². The van der Waals surface area contributed by atoms with Gasteiger partial charge in [0.1, 0.15) is 18.5 Å². The van der Waals surface area contributed by atoms with Crippen LogP contribution in [0.2, 0.25) is 0 Å². The van der Waals surface area contributed by atoms with E-state index in [-0.39, 0.29) is 30.7 Å². The normalized spacial score (nSPS) is 27.5. The summed E-state index contributed by atoms with van der Waals surface area (Å²) in [6.45, 7) is 2.28. The van der Waals surface area contributed by atoms with E-state index in [2.05, 4.69) is 13.0 Å². The van der Waals surface area contributed by atoms with Gasteiger partial charge in [0.05, 0.1) is 12.0 Å². The van der Waals surface area contributed by atoms with Crippen molar-refractivity contribution in [3.8, 4) is 5.75 Å². The number of carbonyl (C=O) groups excluding carboxylic acids is 1. The van der Waals surface area contributed by atoms with Crippen LogP contribution in [0.4, 0.5) is 0 Å². The lowest BCUT2D eigenvalue weighted by Crippen LogP contribution is -2.30. The molecule has 6 atom stereocenters. The Kier molecular flexibility index (Phi) is 8.89. The number of fused-ring (bicyclic) bond motifs is 2. The van der Waals surface area contributed by atoms with Crippen molar-refractivity contribution in [2.24, 2.45) is 23.7 Å². The minimum absolute atomic E-state index is 0.0211. The molecule has 1 aromatic carbocycles. The average molecular weight is 475 g/mol. The Morgan fingerprint density at radius 1 is 1.15 bits per heavy atom.